The predicted octanol–water partition coefficient (Wildman–Crippen LogP) is 2.16. The molecule has 3 rings (SSSR count). The SMILES string of the molecule is Cc1cc(C)c2ccc(=O)n(CCC3CCCN3)c2n1. The first-order valence-electron chi connectivity index (χ1n) is 7.36. The Kier molecular flexibility index (Phi) is 3.57. The van der Waals surface area contributed by atoms with Gasteiger partial charge in [0.25, 0.3) is 5.56 Å². The molecule has 1 aliphatic rings. The number of pyridine rings is 2. The second-order valence-electron chi connectivity index (χ2n) is 5.72. The maximum Gasteiger partial charge on any atom is 0.252 e. The number of hydrogen-bond acceptors (Lipinski definition) is 3. The Bertz CT molecular complexity index is 684. The molecule has 2 aromatic rings. The van der Waals surface area contributed by atoms with E-state index in [1.807, 2.05) is 17.6 Å². The molecule has 0 saturated carbocycles. The van der Waals surface area contributed by atoms with Crippen LogP contribution in [0.15, 0.2) is 23.0 Å². The van der Waals surface area contributed by atoms with E-state index in [1.165, 1.54) is 18.4 Å². The summed E-state index contributed by atoms with van der Waals surface area (Å²) in [4.78, 5) is 16.7. The van der Waals surface area contributed by atoms with E-state index >= 15 is 0 Å². The van der Waals surface area contributed by atoms with E-state index in [2.05, 4.69) is 23.3 Å². The van der Waals surface area contributed by atoms with Gasteiger partial charge in [-0.2, -0.15) is 0 Å². The van der Waals surface area contributed by atoms with Crippen molar-refractivity contribution in [3.05, 3.63) is 39.8 Å². The zero-order valence-electron chi connectivity index (χ0n) is 12.1. The molecule has 3 heterocycles. The summed E-state index contributed by atoms with van der Waals surface area (Å²) in [5.74, 6) is 0. The van der Waals surface area contributed by atoms with Crippen LogP contribution in [0.25, 0.3) is 11.0 Å². The maximum atomic E-state index is 12.2. The fraction of sp³-hybridized carbons (Fsp3) is 0.500. The molecule has 1 N–H and O–H groups in total. The van der Waals surface area contributed by atoms with Crippen molar-refractivity contribution in [2.75, 3.05) is 6.54 Å². The van der Waals surface area contributed by atoms with Gasteiger partial charge in [0, 0.05) is 29.7 Å². The molecule has 4 heteroatoms. The van der Waals surface area contributed by atoms with Crippen molar-refractivity contribution in [1.82, 2.24) is 14.9 Å². The molecule has 4 nitrogen and oxygen atoms in total. The highest BCUT2D eigenvalue weighted by molar-refractivity contribution is 5.79. The molecule has 20 heavy (non-hydrogen) atoms. The molecule has 1 aliphatic heterocycles. The van der Waals surface area contributed by atoms with Gasteiger partial charge in [0.15, 0.2) is 0 Å². The van der Waals surface area contributed by atoms with E-state index in [0.717, 1.165) is 36.2 Å². The lowest BCUT2D eigenvalue weighted by atomic mass is 10.1. The topological polar surface area (TPSA) is 46.9 Å². The summed E-state index contributed by atoms with van der Waals surface area (Å²) in [6, 6.07) is 6.16. The first kappa shape index (κ1) is 13.3. The zero-order chi connectivity index (χ0) is 14.1. The van der Waals surface area contributed by atoms with E-state index in [1.54, 1.807) is 6.07 Å². The van der Waals surface area contributed by atoms with Crippen molar-refractivity contribution < 1.29 is 0 Å². The first-order valence-corrected chi connectivity index (χ1v) is 7.36. The fourth-order valence-electron chi connectivity index (χ4n) is 3.09. The van der Waals surface area contributed by atoms with Crippen LogP contribution in [-0.2, 0) is 6.54 Å². The number of aromatic nitrogens is 2. The van der Waals surface area contributed by atoms with Crippen LogP contribution in [0.1, 0.15) is 30.5 Å². The molecule has 1 atom stereocenters. The largest absolute Gasteiger partial charge is 0.314 e. The summed E-state index contributed by atoms with van der Waals surface area (Å²) in [5.41, 5.74) is 3.02. The number of fused-ring (bicyclic) bond motifs is 1. The second kappa shape index (κ2) is 5.37. The van der Waals surface area contributed by atoms with Gasteiger partial charge in [-0.1, -0.05) is 0 Å². The minimum absolute atomic E-state index is 0.0491. The molecular weight excluding hydrogens is 250 g/mol. The minimum Gasteiger partial charge on any atom is -0.314 e. The van der Waals surface area contributed by atoms with E-state index in [9.17, 15) is 4.79 Å². The summed E-state index contributed by atoms with van der Waals surface area (Å²) in [5, 5.41) is 4.56. The highest BCUT2D eigenvalue weighted by atomic mass is 16.1. The highest BCUT2D eigenvalue weighted by Gasteiger charge is 2.15. The van der Waals surface area contributed by atoms with Crippen LogP contribution in [0, 0.1) is 13.8 Å². The molecule has 0 aliphatic carbocycles. The van der Waals surface area contributed by atoms with Gasteiger partial charge in [-0.05, 0) is 57.4 Å². The van der Waals surface area contributed by atoms with Gasteiger partial charge in [-0.25, -0.2) is 4.98 Å². The molecule has 0 bridgehead atoms. The summed E-state index contributed by atoms with van der Waals surface area (Å²) < 4.78 is 1.83. The van der Waals surface area contributed by atoms with Crippen molar-refractivity contribution in [1.29, 1.82) is 0 Å². The molecule has 106 valence electrons. The lowest BCUT2D eigenvalue weighted by molar-refractivity contribution is 0.504. The molecule has 0 spiro atoms. The highest BCUT2D eigenvalue weighted by Crippen LogP contribution is 2.17. The Hall–Kier alpha value is -1.68. The summed E-state index contributed by atoms with van der Waals surface area (Å²) in [7, 11) is 0. The Labute approximate surface area is 118 Å². The van der Waals surface area contributed by atoms with Crippen molar-refractivity contribution >= 4 is 11.0 Å². The van der Waals surface area contributed by atoms with Crippen molar-refractivity contribution in [2.24, 2.45) is 0 Å². The summed E-state index contributed by atoms with van der Waals surface area (Å²) in [6.07, 6.45) is 3.45. The van der Waals surface area contributed by atoms with Gasteiger partial charge >= 0.3 is 0 Å². The third kappa shape index (κ3) is 2.48. The lowest BCUT2D eigenvalue weighted by Gasteiger charge is -2.14. The van der Waals surface area contributed by atoms with Crippen LogP contribution in [0.5, 0.6) is 0 Å². The standard InChI is InChI=1S/C16H21N3O/c1-11-10-12(2)18-16-14(11)5-6-15(20)19(16)9-7-13-4-3-8-17-13/h5-6,10,13,17H,3-4,7-9H2,1-2H3. The van der Waals surface area contributed by atoms with E-state index in [0.29, 0.717) is 6.04 Å². The predicted molar refractivity (Wildman–Crippen MR) is 81.1 cm³/mol. The fourth-order valence-corrected chi connectivity index (χ4v) is 3.09. The van der Waals surface area contributed by atoms with E-state index < -0.39 is 0 Å². The van der Waals surface area contributed by atoms with Crippen LogP contribution in [0.2, 0.25) is 0 Å². The zero-order valence-corrected chi connectivity index (χ0v) is 12.1. The first-order chi connectivity index (χ1) is 9.65. The number of rotatable bonds is 3. The molecule has 1 unspecified atom stereocenters. The van der Waals surface area contributed by atoms with Crippen LogP contribution < -0.4 is 10.9 Å². The van der Waals surface area contributed by atoms with Crippen LogP contribution in [-0.4, -0.2) is 22.1 Å². The maximum absolute atomic E-state index is 12.2. The summed E-state index contributed by atoms with van der Waals surface area (Å²) in [6.45, 7) is 5.90. The Balaban J connectivity index is 1.99. The Morgan fingerprint density at radius 3 is 3.00 bits per heavy atom. The average Bonchev–Trinajstić information content (AvgIpc) is 2.90. The van der Waals surface area contributed by atoms with E-state index in [-0.39, 0.29) is 5.56 Å². The second-order valence-corrected chi connectivity index (χ2v) is 5.72. The average molecular weight is 271 g/mol. The van der Waals surface area contributed by atoms with Gasteiger partial charge in [0.2, 0.25) is 0 Å². The summed E-state index contributed by atoms with van der Waals surface area (Å²) >= 11 is 0. The van der Waals surface area contributed by atoms with Crippen molar-refractivity contribution in [3.8, 4) is 0 Å². The van der Waals surface area contributed by atoms with Crippen LogP contribution in [0.4, 0.5) is 0 Å². The molecule has 0 amide bonds. The molecular formula is C16H21N3O. The quantitative estimate of drug-likeness (QED) is 0.930. The Morgan fingerprint density at radius 1 is 1.40 bits per heavy atom. The van der Waals surface area contributed by atoms with Crippen molar-refractivity contribution in [3.63, 3.8) is 0 Å². The number of aryl methyl sites for hydroxylation is 3. The third-order valence-electron chi connectivity index (χ3n) is 4.15. The van der Waals surface area contributed by atoms with Gasteiger partial charge in [-0.3, -0.25) is 9.36 Å². The molecule has 0 radical (unpaired) electrons. The van der Waals surface area contributed by atoms with Gasteiger partial charge in [0.1, 0.15) is 5.65 Å². The molecule has 1 saturated heterocycles. The molecule has 1 fully saturated rings. The van der Waals surface area contributed by atoms with Gasteiger partial charge in [0.05, 0.1) is 0 Å². The molecule has 0 aromatic carbocycles. The monoisotopic (exact) mass is 271 g/mol. The van der Waals surface area contributed by atoms with E-state index in [4.69, 9.17) is 0 Å². The number of nitrogens with one attached hydrogen (secondary N) is 1. The van der Waals surface area contributed by atoms with Crippen molar-refractivity contribution in [2.45, 2.75) is 45.7 Å². The lowest BCUT2D eigenvalue weighted by Crippen LogP contribution is -2.27. The van der Waals surface area contributed by atoms with Gasteiger partial charge < -0.3 is 5.32 Å². The molecule has 2 aromatic heterocycles. The van der Waals surface area contributed by atoms with Crippen LogP contribution in [0.3, 0.4) is 0 Å². The van der Waals surface area contributed by atoms with Gasteiger partial charge in [-0.15, -0.1) is 0 Å². The number of nitrogens with zero attached hydrogens (tertiary/aromatic N) is 2. The van der Waals surface area contributed by atoms with Crippen LogP contribution >= 0.6 is 0 Å². The third-order valence-corrected chi connectivity index (χ3v) is 4.15. The normalized spacial score (nSPS) is 18.8. The minimum atomic E-state index is 0.0491. The number of hydrogen-bond donors (Lipinski definition) is 1. The smallest absolute Gasteiger partial charge is 0.252 e. The Morgan fingerprint density at radius 2 is 2.25 bits per heavy atom.